The average molecular weight is 198 g/mol. The zero-order valence-electron chi connectivity index (χ0n) is 5.27. The summed E-state index contributed by atoms with van der Waals surface area (Å²) in [5.41, 5.74) is 0. The van der Waals surface area contributed by atoms with Gasteiger partial charge in [-0.3, -0.25) is 0 Å². The van der Waals surface area contributed by atoms with Crippen LogP contribution in [0.3, 0.4) is 0 Å². The lowest BCUT2D eigenvalue weighted by Gasteiger charge is -1.48. The van der Waals surface area contributed by atoms with Crippen molar-refractivity contribution in [1.29, 1.82) is 0 Å². The second kappa shape index (κ2) is 23.5. The Hall–Kier alpha value is 0.600. The molecule has 0 aromatic rings. The molecule has 3 nitrogen and oxygen atoms in total. The summed E-state index contributed by atoms with van der Waals surface area (Å²) < 4.78 is 8.70. The smallest absolute Gasteiger partial charge is 0.147 e. The normalized spacial score (nSPS) is 4.89. The molecular weight excluding hydrogens is 186 g/mol. The summed E-state index contributed by atoms with van der Waals surface area (Å²) in [6, 6.07) is 0. The zero-order valence-corrected chi connectivity index (χ0v) is 7.80. The highest BCUT2D eigenvalue weighted by Crippen LogP contribution is 1.98. The van der Waals surface area contributed by atoms with Crippen molar-refractivity contribution in [3.8, 4) is 0 Å². The molecule has 0 fully saturated rings. The molecule has 0 saturated carbocycles. The molecule has 0 aliphatic heterocycles. The fourth-order valence-corrected chi connectivity index (χ4v) is 0. The predicted octanol–water partition coefficient (Wildman–Crippen LogP) is 1.89. The Kier molecular flexibility index (Phi) is 59.1. The van der Waals surface area contributed by atoms with Crippen molar-refractivity contribution in [2.75, 3.05) is 0 Å². The molecule has 0 atom stereocenters. The largest absolute Gasteiger partial charge is 0.692 e. The fraction of sp³-hybridized carbons (Fsp3) is 1.00. The lowest BCUT2D eigenvalue weighted by atomic mass is 10.6. The van der Waals surface area contributed by atoms with E-state index >= 15 is 0 Å². The minimum atomic E-state index is -2.87. The molecule has 0 aromatic heterocycles. The van der Waals surface area contributed by atoms with Gasteiger partial charge in [-0.25, -0.2) is 0 Å². The Bertz CT molecular complexity index is 48.3. The monoisotopic (exact) mass is 197 g/mol. The van der Waals surface area contributed by atoms with E-state index in [0.29, 0.717) is 0 Å². The van der Waals surface area contributed by atoms with Gasteiger partial charge < -0.3 is 0 Å². The Morgan fingerprint density at radius 2 is 1.22 bits per heavy atom. The van der Waals surface area contributed by atoms with Crippen LogP contribution in [0.15, 0.2) is 0 Å². The third-order valence-electron chi connectivity index (χ3n) is 0. The van der Waals surface area contributed by atoms with Crippen LogP contribution < -0.4 is 0 Å². The van der Waals surface area contributed by atoms with Crippen LogP contribution in [-0.2, 0) is 4.57 Å². The van der Waals surface area contributed by atoms with Crippen molar-refractivity contribution in [3.63, 3.8) is 0 Å². The Morgan fingerprint density at radius 1 is 1.22 bits per heavy atom. The summed E-state index contributed by atoms with van der Waals surface area (Å²) in [4.78, 5) is 14.2. The molecule has 9 heavy (non-hydrogen) atoms. The molecule has 0 aliphatic rings. The average Bonchev–Trinajstić information content (AvgIpc) is 1.33. The van der Waals surface area contributed by atoms with Crippen LogP contribution >= 0.6 is 33.1 Å². The standard InChI is InChI=1S/C3H8.2ClH.HO3P/c1-3-2;;;1-4(2)3/h3H2,1-2H3;2*1H;(H-,1,2,3)/p+1. The van der Waals surface area contributed by atoms with Gasteiger partial charge in [0.2, 0.25) is 0 Å². The van der Waals surface area contributed by atoms with Gasteiger partial charge in [0, 0.05) is 4.57 Å². The summed E-state index contributed by atoms with van der Waals surface area (Å²) in [5, 5.41) is 0. The van der Waals surface area contributed by atoms with Gasteiger partial charge in [0.15, 0.2) is 0 Å². The van der Waals surface area contributed by atoms with Crippen molar-refractivity contribution in [2.24, 2.45) is 0 Å². The first-order valence-corrected chi connectivity index (χ1v) is 3.16. The quantitative estimate of drug-likeness (QED) is 0.584. The van der Waals surface area contributed by atoms with E-state index in [1.54, 1.807) is 0 Å². The Balaban J connectivity index is -0.0000000233. The topological polar surface area (TPSA) is 57.5 Å². The molecule has 0 aliphatic carbocycles. The minimum absolute atomic E-state index is 0. The molecule has 0 bridgehead atoms. The molecule has 0 amide bonds. The molecule has 0 spiro atoms. The van der Waals surface area contributed by atoms with Gasteiger partial charge in [-0.15, -0.1) is 34.6 Å². The zero-order chi connectivity index (χ0) is 6.28. The van der Waals surface area contributed by atoms with Gasteiger partial charge in [0.25, 0.3) is 0 Å². The summed E-state index contributed by atoms with van der Waals surface area (Å²) in [7, 11) is -2.87. The first-order valence-electron chi connectivity index (χ1n) is 2.00. The fourth-order valence-electron chi connectivity index (χ4n) is 0. The van der Waals surface area contributed by atoms with Crippen LogP contribution in [0.4, 0.5) is 0 Å². The van der Waals surface area contributed by atoms with Gasteiger partial charge in [-0.05, 0) is 0 Å². The molecule has 0 heterocycles. The van der Waals surface area contributed by atoms with Crippen molar-refractivity contribution >= 4 is 33.1 Å². The van der Waals surface area contributed by atoms with E-state index in [1.165, 1.54) is 6.42 Å². The summed E-state index contributed by atoms with van der Waals surface area (Å²) in [6.07, 6.45) is 1.25. The van der Waals surface area contributed by atoms with Gasteiger partial charge in [0.05, 0.1) is 0 Å². The van der Waals surface area contributed by atoms with E-state index in [1.807, 2.05) is 0 Å². The number of rotatable bonds is 0. The third-order valence-corrected chi connectivity index (χ3v) is 0. The lowest BCUT2D eigenvalue weighted by molar-refractivity contribution is 0.405. The highest BCUT2D eigenvalue weighted by Gasteiger charge is 1.93. The van der Waals surface area contributed by atoms with Crippen LogP contribution in [0.2, 0.25) is 0 Å². The van der Waals surface area contributed by atoms with E-state index in [9.17, 15) is 0 Å². The summed E-state index contributed by atoms with van der Waals surface area (Å²) >= 11 is 0. The molecule has 6 heteroatoms. The van der Waals surface area contributed by atoms with E-state index < -0.39 is 8.25 Å². The van der Waals surface area contributed by atoms with Crippen molar-refractivity contribution in [1.82, 2.24) is 0 Å². The van der Waals surface area contributed by atoms with E-state index in [2.05, 4.69) is 13.8 Å². The number of halogens is 2. The Labute approximate surface area is 68.2 Å². The first-order chi connectivity index (χ1) is 3.15. The lowest BCUT2D eigenvalue weighted by Crippen LogP contribution is -1.38. The Morgan fingerprint density at radius 3 is 1.22 bits per heavy atom. The van der Waals surface area contributed by atoms with Crippen LogP contribution in [0, 0.1) is 0 Å². The van der Waals surface area contributed by atoms with Crippen molar-refractivity contribution in [3.05, 3.63) is 0 Å². The van der Waals surface area contributed by atoms with Crippen LogP contribution in [0.1, 0.15) is 20.3 Å². The molecule has 0 rings (SSSR count). The maximum Gasteiger partial charge on any atom is 0.692 e. The van der Waals surface area contributed by atoms with Gasteiger partial charge in [0.1, 0.15) is 0 Å². The van der Waals surface area contributed by atoms with Gasteiger partial charge in [-0.1, -0.05) is 20.3 Å². The SMILES string of the molecule is CCC.Cl.Cl.O=[P+](O)O. The molecule has 0 aromatic carbocycles. The third kappa shape index (κ3) is 1040. The number of hydrogen-bond acceptors (Lipinski definition) is 1. The second-order valence-corrected chi connectivity index (χ2v) is 1.47. The maximum atomic E-state index is 8.70. The van der Waals surface area contributed by atoms with Crippen LogP contribution in [0.5, 0.6) is 0 Å². The van der Waals surface area contributed by atoms with E-state index in [0.717, 1.165) is 0 Å². The highest BCUT2D eigenvalue weighted by atomic mass is 35.5. The predicted molar refractivity (Wildman–Crippen MR) is 42.5 cm³/mol. The maximum absolute atomic E-state index is 8.70. The molecule has 0 unspecified atom stereocenters. The van der Waals surface area contributed by atoms with Crippen molar-refractivity contribution < 1.29 is 14.4 Å². The molecule has 0 saturated heterocycles. The van der Waals surface area contributed by atoms with Crippen LogP contribution in [-0.4, -0.2) is 9.79 Å². The summed E-state index contributed by atoms with van der Waals surface area (Å²) in [5.74, 6) is 0. The minimum Gasteiger partial charge on any atom is -0.147 e. The van der Waals surface area contributed by atoms with Crippen molar-refractivity contribution in [2.45, 2.75) is 20.3 Å². The first kappa shape index (κ1) is 22.6. The number of hydrogen-bond donors (Lipinski definition) is 2. The molecular formula is C3H12Cl2O3P+. The highest BCUT2D eigenvalue weighted by molar-refractivity contribution is 7.30. The van der Waals surface area contributed by atoms with E-state index in [4.69, 9.17) is 14.4 Å². The molecule has 0 radical (unpaired) electrons. The van der Waals surface area contributed by atoms with Crippen LogP contribution in [0.25, 0.3) is 0 Å². The second-order valence-electron chi connectivity index (χ2n) is 0.960. The van der Waals surface area contributed by atoms with Gasteiger partial charge >= 0.3 is 8.25 Å². The van der Waals surface area contributed by atoms with Gasteiger partial charge in [-0.2, -0.15) is 0 Å². The molecule has 60 valence electrons. The summed E-state index contributed by atoms with van der Waals surface area (Å²) in [6.45, 7) is 4.25. The van der Waals surface area contributed by atoms with E-state index in [-0.39, 0.29) is 24.8 Å². The molecule has 2 N–H and O–H groups in total.